The van der Waals surface area contributed by atoms with E-state index in [9.17, 15) is 18.0 Å². The average molecular weight is 444 g/mol. The molecule has 5 rings (SSSR count). The third-order valence-corrected chi connectivity index (χ3v) is 6.30. The molecule has 4 heterocycles. The lowest BCUT2D eigenvalue weighted by atomic mass is 9.91. The molecule has 1 atom stereocenters. The summed E-state index contributed by atoms with van der Waals surface area (Å²) in [5.74, 6) is -0.235. The Labute approximate surface area is 183 Å². The van der Waals surface area contributed by atoms with Gasteiger partial charge in [0.05, 0.1) is 12.3 Å². The van der Waals surface area contributed by atoms with Crippen LogP contribution in [0, 0.1) is 6.92 Å². The Morgan fingerprint density at radius 2 is 1.91 bits per heavy atom. The number of aromatic nitrogens is 3. The third-order valence-electron chi connectivity index (χ3n) is 6.30. The number of carbonyl (C=O) groups excluding carboxylic acids is 1. The molecule has 1 saturated heterocycles. The van der Waals surface area contributed by atoms with Crippen molar-refractivity contribution in [1.29, 1.82) is 0 Å². The summed E-state index contributed by atoms with van der Waals surface area (Å²) in [5.41, 5.74) is 2.28. The summed E-state index contributed by atoms with van der Waals surface area (Å²) in [7, 11) is 0. The number of amides is 1. The molecule has 3 aromatic rings. The average Bonchev–Trinajstić information content (AvgIpc) is 3.17. The van der Waals surface area contributed by atoms with E-state index < -0.39 is 18.0 Å². The third kappa shape index (κ3) is 3.74. The predicted octanol–water partition coefficient (Wildman–Crippen LogP) is 4.08. The summed E-state index contributed by atoms with van der Waals surface area (Å²) < 4.78 is 47.5. The minimum atomic E-state index is -4.53. The maximum atomic E-state index is 13.6. The normalized spacial score (nSPS) is 19.9. The van der Waals surface area contributed by atoms with Crippen molar-refractivity contribution in [2.75, 3.05) is 19.7 Å². The number of likely N-dealkylation sites (tertiary alicyclic amines) is 1. The highest BCUT2D eigenvalue weighted by molar-refractivity contribution is 5.83. The van der Waals surface area contributed by atoms with Crippen LogP contribution in [0.3, 0.4) is 0 Å². The van der Waals surface area contributed by atoms with E-state index in [4.69, 9.17) is 4.74 Å². The summed E-state index contributed by atoms with van der Waals surface area (Å²) in [4.78, 5) is 19.4. The fourth-order valence-electron chi connectivity index (χ4n) is 4.68. The van der Waals surface area contributed by atoms with Crippen LogP contribution in [0.25, 0.3) is 5.65 Å². The Bertz CT molecular complexity index is 1170. The maximum Gasteiger partial charge on any atom is 0.433 e. The van der Waals surface area contributed by atoms with Crippen LogP contribution in [0.4, 0.5) is 13.2 Å². The summed E-state index contributed by atoms with van der Waals surface area (Å²) in [5, 5.41) is 3.94. The zero-order valence-corrected chi connectivity index (χ0v) is 17.6. The van der Waals surface area contributed by atoms with Gasteiger partial charge in [0.25, 0.3) is 5.91 Å². The molecule has 0 radical (unpaired) electrons. The van der Waals surface area contributed by atoms with Gasteiger partial charge in [0.1, 0.15) is 5.69 Å². The smallest absolute Gasteiger partial charge is 0.363 e. The van der Waals surface area contributed by atoms with Crippen LogP contribution in [0.5, 0.6) is 0 Å². The fraction of sp³-hybridized carbons (Fsp3) is 0.435. The van der Waals surface area contributed by atoms with E-state index in [0.717, 1.165) is 28.1 Å². The van der Waals surface area contributed by atoms with Crippen molar-refractivity contribution in [2.45, 2.75) is 44.4 Å². The Morgan fingerprint density at radius 1 is 1.16 bits per heavy atom. The van der Waals surface area contributed by atoms with Crippen molar-refractivity contribution < 1.29 is 22.7 Å². The van der Waals surface area contributed by atoms with E-state index in [1.807, 2.05) is 24.3 Å². The van der Waals surface area contributed by atoms with E-state index in [1.54, 1.807) is 17.9 Å². The molecule has 6 nitrogen and oxygen atoms in total. The molecule has 168 valence electrons. The number of aryl methyl sites for hydroxylation is 1. The first kappa shape index (κ1) is 20.9. The Balaban J connectivity index is 1.34. The minimum absolute atomic E-state index is 0.0820. The van der Waals surface area contributed by atoms with Crippen molar-refractivity contribution in [3.05, 3.63) is 64.6 Å². The molecule has 32 heavy (non-hydrogen) atoms. The summed E-state index contributed by atoms with van der Waals surface area (Å²) in [6.07, 6.45) is -3.26. The number of piperidine rings is 1. The lowest BCUT2D eigenvalue weighted by Gasteiger charge is -2.35. The van der Waals surface area contributed by atoms with Crippen LogP contribution in [0.2, 0.25) is 0 Å². The number of benzene rings is 1. The molecule has 0 unspecified atom stereocenters. The first-order chi connectivity index (χ1) is 15.3. The van der Waals surface area contributed by atoms with Gasteiger partial charge in [-0.2, -0.15) is 18.3 Å². The van der Waals surface area contributed by atoms with Gasteiger partial charge in [-0.25, -0.2) is 9.50 Å². The molecule has 0 saturated carbocycles. The highest BCUT2D eigenvalue weighted by atomic mass is 19.4. The number of carbonyl (C=O) groups is 1. The van der Waals surface area contributed by atoms with Crippen molar-refractivity contribution in [3.8, 4) is 0 Å². The molecule has 2 aromatic heterocycles. The lowest BCUT2D eigenvalue weighted by molar-refractivity contribution is -0.146. The van der Waals surface area contributed by atoms with Gasteiger partial charge in [0.2, 0.25) is 0 Å². The fourth-order valence-corrected chi connectivity index (χ4v) is 4.68. The van der Waals surface area contributed by atoms with Crippen LogP contribution < -0.4 is 0 Å². The van der Waals surface area contributed by atoms with Crippen LogP contribution in [0.1, 0.15) is 53.1 Å². The van der Waals surface area contributed by atoms with Crippen molar-refractivity contribution in [2.24, 2.45) is 0 Å². The zero-order valence-electron chi connectivity index (χ0n) is 17.6. The van der Waals surface area contributed by atoms with E-state index in [2.05, 4.69) is 10.1 Å². The monoisotopic (exact) mass is 444 g/mol. The quantitative estimate of drug-likeness (QED) is 0.598. The van der Waals surface area contributed by atoms with Gasteiger partial charge in [-0.15, -0.1) is 0 Å². The molecule has 9 heteroatoms. The van der Waals surface area contributed by atoms with Crippen LogP contribution in [-0.4, -0.2) is 45.1 Å². The maximum absolute atomic E-state index is 13.6. The topological polar surface area (TPSA) is 59.7 Å². The van der Waals surface area contributed by atoms with Crippen LogP contribution in [0.15, 0.2) is 36.4 Å². The van der Waals surface area contributed by atoms with Gasteiger partial charge in [-0.1, -0.05) is 24.3 Å². The molecule has 1 amide bonds. The molecule has 0 aliphatic carbocycles. The first-order valence-electron chi connectivity index (χ1n) is 10.7. The second kappa shape index (κ2) is 7.88. The highest BCUT2D eigenvalue weighted by Gasteiger charge is 2.37. The number of hydrogen-bond acceptors (Lipinski definition) is 4. The minimum Gasteiger partial charge on any atom is -0.363 e. The SMILES string of the molecule is Cc1cc2nc(C3CCN(C(=O)[C@@H]4OCCc5ccccc54)CC3)cc(C(F)(F)F)n2n1. The van der Waals surface area contributed by atoms with E-state index in [0.29, 0.717) is 43.9 Å². The van der Waals surface area contributed by atoms with Gasteiger partial charge in [-0.05, 0) is 43.4 Å². The second-order valence-corrected chi connectivity index (χ2v) is 8.42. The number of rotatable bonds is 2. The van der Waals surface area contributed by atoms with Gasteiger partial charge < -0.3 is 9.64 Å². The molecule has 0 spiro atoms. The Morgan fingerprint density at radius 3 is 2.66 bits per heavy atom. The summed E-state index contributed by atoms with van der Waals surface area (Å²) >= 11 is 0. The van der Waals surface area contributed by atoms with Gasteiger partial charge in [0, 0.05) is 30.8 Å². The number of nitrogens with zero attached hydrogens (tertiary/aromatic N) is 4. The molecule has 2 aliphatic heterocycles. The summed E-state index contributed by atoms with van der Waals surface area (Å²) in [6.45, 7) is 3.05. The lowest BCUT2D eigenvalue weighted by Crippen LogP contribution is -2.42. The first-order valence-corrected chi connectivity index (χ1v) is 10.7. The molecule has 0 bridgehead atoms. The predicted molar refractivity (Wildman–Crippen MR) is 110 cm³/mol. The van der Waals surface area contributed by atoms with Crippen molar-refractivity contribution >= 4 is 11.6 Å². The number of alkyl halides is 3. The van der Waals surface area contributed by atoms with Crippen molar-refractivity contribution in [1.82, 2.24) is 19.5 Å². The zero-order chi connectivity index (χ0) is 22.5. The number of fused-ring (bicyclic) bond motifs is 2. The van der Waals surface area contributed by atoms with Crippen LogP contribution in [-0.2, 0) is 22.1 Å². The molecular weight excluding hydrogens is 421 g/mol. The van der Waals surface area contributed by atoms with Gasteiger partial charge in [0.15, 0.2) is 11.8 Å². The molecule has 2 aliphatic rings. The van der Waals surface area contributed by atoms with Gasteiger partial charge in [-0.3, -0.25) is 4.79 Å². The second-order valence-electron chi connectivity index (χ2n) is 8.42. The van der Waals surface area contributed by atoms with E-state index in [-0.39, 0.29) is 17.5 Å². The van der Waals surface area contributed by atoms with Crippen LogP contribution >= 0.6 is 0 Å². The van der Waals surface area contributed by atoms with Gasteiger partial charge >= 0.3 is 6.18 Å². The Hall–Kier alpha value is -2.94. The summed E-state index contributed by atoms with van der Waals surface area (Å²) in [6, 6.07) is 10.4. The molecule has 1 aromatic carbocycles. The molecular formula is C23H23F3N4O2. The Kier molecular flexibility index (Phi) is 5.16. The van der Waals surface area contributed by atoms with E-state index in [1.165, 1.54) is 0 Å². The number of halogens is 3. The number of ether oxygens (including phenoxy) is 1. The highest BCUT2D eigenvalue weighted by Crippen LogP contribution is 2.35. The van der Waals surface area contributed by atoms with Crippen molar-refractivity contribution in [3.63, 3.8) is 0 Å². The number of hydrogen-bond donors (Lipinski definition) is 0. The standard InChI is InChI=1S/C23H23F3N4O2/c1-14-12-20-27-18(13-19(23(24,25)26)30(20)28-14)16-6-9-29(10-7-16)22(31)21-17-5-3-2-4-15(17)8-11-32-21/h2-5,12-13,16,21H,6-11H2,1H3/t21-/m1/s1. The molecule has 1 fully saturated rings. The molecule has 0 N–H and O–H groups in total. The largest absolute Gasteiger partial charge is 0.433 e. The van der Waals surface area contributed by atoms with E-state index >= 15 is 0 Å².